The van der Waals surface area contributed by atoms with Crippen molar-refractivity contribution in [2.45, 2.75) is 66.3 Å². The summed E-state index contributed by atoms with van der Waals surface area (Å²) >= 11 is 0. The fourth-order valence-electron chi connectivity index (χ4n) is 3.98. The number of nitrogens with zero attached hydrogens (tertiary/aromatic N) is 1. The molecule has 29 heavy (non-hydrogen) atoms. The summed E-state index contributed by atoms with van der Waals surface area (Å²) in [6.07, 6.45) is 3.56. The highest BCUT2D eigenvalue weighted by molar-refractivity contribution is 6.05. The third kappa shape index (κ3) is 4.77. The molecule has 5 nitrogen and oxygen atoms in total. The molecule has 1 aliphatic carbocycles. The van der Waals surface area contributed by atoms with E-state index in [1.165, 1.54) is 0 Å². The van der Waals surface area contributed by atoms with Gasteiger partial charge in [0, 0.05) is 17.1 Å². The molecule has 2 atom stereocenters. The highest BCUT2D eigenvalue weighted by Crippen LogP contribution is 2.39. The number of hydrogen-bond acceptors (Lipinski definition) is 4. The fraction of sp³-hybridized carbons (Fsp3) is 0.542. The molecule has 0 spiro atoms. The Morgan fingerprint density at radius 3 is 2.69 bits per heavy atom. The molecule has 1 amide bonds. The molecular formula is C24H32N2O3. The molecule has 2 aromatic rings. The van der Waals surface area contributed by atoms with E-state index in [9.17, 15) is 9.59 Å². The van der Waals surface area contributed by atoms with Crippen LogP contribution in [0.2, 0.25) is 0 Å². The van der Waals surface area contributed by atoms with Gasteiger partial charge in [0.25, 0.3) is 5.91 Å². The smallest absolute Gasteiger partial charge is 0.339 e. The summed E-state index contributed by atoms with van der Waals surface area (Å²) in [5.41, 5.74) is 3.51. The zero-order valence-corrected chi connectivity index (χ0v) is 18.2. The van der Waals surface area contributed by atoms with Crippen LogP contribution < -0.4 is 5.32 Å². The van der Waals surface area contributed by atoms with Gasteiger partial charge in [0.2, 0.25) is 0 Å². The highest BCUT2D eigenvalue weighted by Gasteiger charge is 2.33. The molecule has 1 N–H and O–H groups in total. The van der Waals surface area contributed by atoms with Crippen LogP contribution in [-0.2, 0) is 22.4 Å². The average Bonchev–Trinajstić information content (AvgIpc) is 2.68. The Labute approximate surface area is 173 Å². The Morgan fingerprint density at radius 2 is 2.00 bits per heavy atom. The van der Waals surface area contributed by atoms with Gasteiger partial charge in [-0.15, -0.1) is 0 Å². The Hall–Kier alpha value is -2.43. The van der Waals surface area contributed by atoms with Crippen molar-refractivity contribution in [1.82, 2.24) is 10.3 Å². The molecule has 1 aliphatic rings. The summed E-state index contributed by atoms with van der Waals surface area (Å²) in [5, 5.41) is 3.63. The van der Waals surface area contributed by atoms with E-state index in [1.54, 1.807) is 0 Å². The number of rotatable bonds is 5. The number of carbonyl (C=O) groups excluding carboxylic acids is 2. The van der Waals surface area contributed by atoms with E-state index in [1.807, 2.05) is 38.1 Å². The SMILES string of the molecule is CCC(C)NC(=O)COC(=O)c1c2c(nc3ccccc13)CCC(C(C)(C)C)C2. The number of ether oxygens (including phenoxy) is 1. The molecule has 1 heterocycles. The first-order valence-electron chi connectivity index (χ1n) is 10.6. The molecular weight excluding hydrogens is 364 g/mol. The molecule has 156 valence electrons. The summed E-state index contributed by atoms with van der Waals surface area (Å²) in [6, 6.07) is 7.74. The summed E-state index contributed by atoms with van der Waals surface area (Å²) in [7, 11) is 0. The van der Waals surface area contributed by atoms with Crippen LogP contribution in [0.15, 0.2) is 24.3 Å². The van der Waals surface area contributed by atoms with Gasteiger partial charge in [-0.2, -0.15) is 0 Å². The van der Waals surface area contributed by atoms with Crippen molar-refractivity contribution in [3.05, 3.63) is 41.1 Å². The second kappa shape index (κ2) is 8.52. The van der Waals surface area contributed by atoms with Crippen molar-refractivity contribution in [2.24, 2.45) is 11.3 Å². The van der Waals surface area contributed by atoms with Crippen LogP contribution >= 0.6 is 0 Å². The minimum Gasteiger partial charge on any atom is -0.452 e. The molecule has 0 radical (unpaired) electrons. The van der Waals surface area contributed by atoms with Crippen LogP contribution in [0.3, 0.4) is 0 Å². The lowest BCUT2D eigenvalue weighted by Gasteiger charge is -2.35. The topological polar surface area (TPSA) is 68.3 Å². The normalized spacial score (nSPS) is 17.5. The van der Waals surface area contributed by atoms with Gasteiger partial charge >= 0.3 is 5.97 Å². The zero-order valence-electron chi connectivity index (χ0n) is 18.2. The number of hydrogen-bond donors (Lipinski definition) is 1. The van der Waals surface area contributed by atoms with Crippen molar-refractivity contribution in [3.63, 3.8) is 0 Å². The van der Waals surface area contributed by atoms with Gasteiger partial charge in [0.05, 0.1) is 11.1 Å². The molecule has 5 heteroatoms. The number of pyridine rings is 1. The van der Waals surface area contributed by atoms with Crippen molar-refractivity contribution in [3.8, 4) is 0 Å². The van der Waals surface area contributed by atoms with Gasteiger partial charge < -0.3 is 10.1 Å². The van der Waals surface area contributed by atoms with E-state index in [-0.39, 0.29) is 24.0 Å². The van der Waals surface area contributed by atoms with Gasteiger partial charge in [0.1, 0.15) is 0 Å². The molecule has 1 aromatic carbocycles. The van der Waals surface area contributed by atoms with Gasteiger partial charge in [-0.3, -0.25) is 9.78 Å². The summed E-state index contributed by atoms with van der Waals surface area (Å²) in [6.45, 7) is 10.4. The quantitative estimate of drug-likeness (QED) is 0.758. The first-order valence-corrected chi connectivity index (χ1v) is 10.6. The molecule has 0 fully saturated rings. The second-order valence-electron chi connectivity index (χ2n) is 9.19. The van der Waals surface area contributed by atoms with Crippen molar-refractivity contribution < 1.29 is 14.3 Å². The summed E-state index contributed by atoms with van der Waals surface area (Å²) in [4.78, 5) is 30.0. The van der Waals surface area contributed by atoms with Gasteiger partial charge in [-0.05, 0) is 55.6 Å². The molecule has 0 saturated carbocycles. The van der Waals surface area contributed by atoms with E-state index in [0.29, 0.717) is 11.5 Å². The standard InChI is InChI=1S/C24H32N2O3/c1-6-15(2)25-21(27)14-29-23(28)22-17-9-7-8-10-19(17)26-20-12-11-16(13-18(20)22)24(3,4)5/h7-10,15-16H,6,11-14H2,1-5H3,(H,25,27). The van der Waals surface area contributed by atoms with Crippen LogP contribution in [0.1, 0.15) is 69.1 Å². The minimum absolute atomic E-state index is 0.0586. The Kier molecular flexibility index (Phi) is 6.25. The van der Waals surface area contributed by atoms with Gasteiger partial charge in [-0.25, -0.2) is 4.79 Å². The number of amides is 1. The summed E-state index contributed by atoms with van der Waals surface area (Å²) in [5.74, 6) is -0.237. The van der Waals surface area contributed by atoms with Crippen LogP contribution in [0.25, 0.3) is 10.9 Å². The maximum Gasteiger partial charge on any atom is 0.339 e. The third-order valence-electron chi connectivity index (χ3n) is 6.04. The lowest BCUT2D eigenvalue weighted by Crippen LogP contribution is -2.35. The van der Waals surface area contributed by atoms with Crippen LogP contribution in [0, 0.1) is 11.3 Å². The molecule has 1 aromatic heterocycles. The van der Waals surface area contributed by atoms with Gasteiger partial charge in [0.15, 0.2) is 6.61 Å². The van der Waals surface area contributed by atoms with E-state index < -0.39 is 5.97 Å². The first-order chi connectivity index (χ1) is 13.7. The predicted octanol–water partition coefficient (Wildman–Crippen LogP) is 4.46. The molecule has 2 unspecified atom stereocenters. The fourth-order valence-corrected chi connectivity index (χ4v) is 3.98. The van der Waals surface area contributed by atoms with E-state index in [2.05, 4.69) is 26.1 Å². The molecule has 0 saturated heterocycles. The van der Waals surface area contributed by atoms with Crippen LogP contribution in [0.5, 0.6) is 0 Å². The van der Waals surface area contributed by atoms with Crippen LogP contribution in [-0.4, -0.2) is 29.5 Å². The monoisotopic (exact) mass is 396 g/mol. The Balaban J connectivity index is 1.93. The number of esters is 1. The van der Waals surface area contributed by atoms with Crippen molar-refractivity contribution >= 4 is 22.8 Å². The second-order valence-corrected chi connectivity index (χ2v) is 9.19. The van der Waals surface area contributed by atoms with E-state index in [0.717, 1.165) is 47.8 Å². The van der Waals surface area contributed by atoms with Crippen molar-refractivity contribution in [1.29, 1.82) is 0 Å². The molecule has 3 rings (SSSR count). The van der Waals surface area contributed by atoms with Crippen molar-refractivity contribution in [2.75, 3.05) is 6.61 Å². The number of aryl methyl sites for hydroxylation is 1. The van der Waals surface area contributed by atoms with E-state index in [4.69, 9.17) is 9.72 Å². The number of para-hydroxylation sites is 1. The zero-order chi connectivity index (χ0) is 21.2. The lowest BCUT2D eigenvalue weighted by atomic mass is 9.70. The third-order valence-corrected chi connectivity index (χ3v) is 6.04. The first kappa shape index (κ1) is 21.3. The molecule has 0 aliphatic heterocycles. The number of fused-ring (bicyclic) bond motifs is 2. The van der Waals surface area contributed by atoms with Crippen LogP contribution in [0.4, 0.5) is 0 Å². The number of benzene rings is 1. The average molecular weight is 397 g/mol. The summed E-state index contributed by atoms with van der Waals surface area (Å²) < 4.78 is 5.45. The maximum atomic E-state index is 13.1. The maximum absolute atomic E-state index is 13.1. The minimum atomic E-state index is -0.436. The number of carbonyl (C=O) groups is 2. The highest BCUT2D eigenvalue weighted by atomic mass is 16.5. The molecule has 0 bridgehead atoms. The Bertz CT molecular complexity index is 914. The van der Waals surface area contributed by atoms with Gasteiger partial charge in [-0.1, -0.05) is 45.9 Å². The predicted molar refractivity (Wildman–Crippen MR) is 115 cm³/mol. The number of aromatic nitrogens is 1. The number of nitrogens with one attached hydrogen (secondary N) is 1. The lowest BCUT2D eigenvalue weighted by molar-refractivity contribution is -0.124. The Morgan fingerprint density at radius 1 is 1.28 bits per heavy atom. The largest absolute Gasteiger partial charge is 0.452 e. The van der Waals surface area contributed by atoms with E-state index >= 15 is 0 Å².